The van der Waals surface area contributed by atoms with Gasteiger partial charge in [-0.15, -0.1) is 0 Å². The molecule has 0 saturated heterocycles. The molecule has 4 nitrogen and oxygen atoms in total. The van der Waals surface area contributed by atoms with Gasteiger partial charge < -0.3 is 14.0 Å². The first-order valence-electron chi connectivity index (χ1n) is 11.5. The number of benzene rings is 3. The van der Waals surface area contributed by atoms with Gasteiger partial charge in [0.2, 0.25) is 0 Å². The Morgan fingerprint density at radius 3 is 2.44 bits per heavy atom. The minimum Gasteiger partial charge on any atom is -0.455 e. The van der Waals surface area contributed by atoms with Crippen LogP contribution in [-0.2, 0) is 0 Å². The molecule has 1 saturated carbocycles. The van der Waals surface area contributed by atoms with Crippen LogP contribution in [0.2, 0.25) is 0 Å². The van der Waals surface area contributed by atoms with Gasteiger partial charge in [-0.3, -0.25) is 4.79 Å². The summed E-state index contributed by atoms with van der Waals surface area (Å²) in [4.78, 5) is 13.0. The van der Waals surface area contributed by atoms with Crippen LogP contribution in [0.3, 0.4) is 0 Å². The van der Waals surface area contributed by atoms with Crippen LogP contribution in [0.1, 0.15) is 29.6 Å². The molecular weight excluding hydrogens is 447 g/mol. The summed E-state index contributed by atoms with van der Waals surface area (Å²) in [5, 5.41) is 3.48. The number of hydrogen-bond donors (Lipinski definition) is 1. The smallest absolute Gasteiger partial charge is 0.255 e. The van der Waals surface area contributed by atoms with Gasteiger partial charge in [0.25, 0.3) is 5.91 Å². The molecule has 1 aliphatic carbocycles. The van der Waals surface area contributed by atoms with Gasteiger partial charge in [0, 0.05) is 42.4 Å². The maximum atomic E-state index is 13.6. The summed E-state index contributed by atoms with van der Waals surface area (Å²) >= 11 is 1.71. The molecular formula is C28H27FN2O2S. The van der Waals surface area contributed by atoms with Gasteiger partial charge in [-0.1, -0.05) is 48.7 Å². The lowest BCUT2D eigenvalue weighted by Crippen LogP contribution is -2.27. The number of rotatable bonds is 7. The number of amides is 1. The van der Waals surface area contributed by atoms with Crippen molar-refractivity contribution in [2.24, 2.45) is 5.92 Å². The zero-order valence-corrected chi connectivity index (χ0v) is 20.1. The van der Waals surface area contributed by atoms with Gasteiger partial charge in [-0.25, -0.2) is 4.39 Å². The van der Waals surface area contributed by atoms with E-state index in [-0.39, 0.29) is 11.7 Å². The Kier molecular flexibility index (Phi) is 6.33. The monoisotopic (exact) mass is 474 g/mol. The molecule has 5 rings (SSSR count). The van der Waals surface area contributed by atoms with Gasteiger partial charge in [-0.05, 0) is 54.7 Å². The third-order valence-corrected chi connectivity index (χ3v) is 7.38. The van der Waals surface area contributed by atoms with Crippen LogP contribution in [-0.4, -0.2) is 25.8 Å². The Morgan fingerprint density at radius 1 is 1.09 bits per heavy atom. The molecule has 1 amide bonds. The predicted molar refractivity (Wildman–Crippen MR) is 139 cm³/mol. The van der Waals surface area contributed by atoms with Crippen molar-refractivity contribution in [2.75, 3.05) is 24.2 Å². The SMILES string of the molecule is CNC(=O)c1c(-c2ccc(F)cc2)oc2cc(N(CC3CCC3)SC)c(-c3ccccc3)cc12. The molecule has 1 heterocycles. The molecule has 1 N–H and O–H groups in total. The van der Waals surface area contributed by atoms with Crippen molar-refractivity contribution in [1.29, 1.82) is 0 Å². The van der Waals surface area contributed by atoms with Crippen molar-refractivity contribution >= 4 is 34.5 Å². The van der Waals surface area contributed by atoms with Crippen LogP contribution in [0.25, 0.3) is 33.4 Å². The van der Waals surface area contributed by atoms with E-state index in [2.05, 4.69) is 34.1 Å². The van der Waals surface area contributed by atoms with Gasteiger partial charge in [0.05, 0.1) is 11.3 Å². The molecule has 0 bridgehead atoms. The summed E-state index contributed by atoms with van der Waals surface area (Å²) in [6.45, 7) is 0.973. The molecule has 0 radical (unpaired) electrons. The molecule has 174 valence electrons. The maximum absolute atomic E-state index is 13.6. The van der Waals surface area contributed by atoms with Gasteiger partial charge in [0.1, 0.15) is 17.2 Å². The number of fused-ring (bicyclic) bond motifs is 1. The fraction of sp³-hybridized carbons (Fsp3) is 0.250. The van der Waals surface area contributed by atoms with E-state index in [1.165, 1.54) is 31.4 Å². The van der Waals surface area contributed by atoms with E-state index < -0.39 is 0 Å². The van der Waals surface area contributed by atoms with Crippen molar-refractivity contribution in [2.45, 2.75) is 19.3 Å². The number of carbonyl (C=O) groups excluding carboxylic acids is 1. The highest BCUT2D eigenvalue weighted by atomic mass is 32.2. The number of furan rings is 1. The molecule has 6 heteroatoms. The average molecular weight is 475 g/mol. The van der Waals surface area contributed by atoms with Gasteiger partial charge in [0.15, 0.2) is 0 Å². The molecule has 34 heavy (non-hydrogen) atoms. The molecule has 0 unspecified atom stereocenters. The number of hydrogen-bond acceptors (Lipinski definition) is 4. The Hall–Kier alpha value is -3.25. The van der Waals surface area contributed by atoms with Gasteiger partial charge >= 0.3 is 0 Å². The summed E-state index contributed by atoms with van der Waals surface area (Å²) < 4.78 is 22.2. The zero-order chi connectivity index (χ0) is 23.7. The van der Waals surface area contributed by atoms with E-state index >= 15 is 0 Å². The van der Waals surface area contributed by atoms with Crippen molar-refractivity contribution in [3.8, 4) is 22.5 Å². The van der Waals surface area contributed by atoms with Crippen molar-refractivity contribution in [3.63, 3.8) is 0 Å². The second-order valence-corrected chi connectivity index (χ2v) is 9.47. The summed E-state index contributed by atoms with van der Waals surface area (Å²) in [5.41, 5.74) is 4.97. The van der Waals surface area contributed by atoms with Crippen molar-refractivity contribution < 1.29 is 13.6 Å². The fourth-order valence-electron chi connectivity index (χ4n) is 4.52. The second-order valence-electron chi connectivity index (χ2n) is 8.66. The first-order chi connectivity index (χ1) is 16.6. The predicted octanol–water partition coefficient (Wildman–Crippen LogP) is 7.15. The minimum absolute atomic E-state index is 0.235. The maximum Gasteiger partial charge on any atom is 0.255 e. The normalized spacial score (nSPS) is 13.6. The third kappa shape index (κ3) is 4.18. The molecule has 1 aromatic heterocycles. The largest absolute Gasteiger partial charge is 0.455 e. The van der Waals surface area contributed by atoms with E-state index in [1.807, 2.05) is 24.3 Å². The van der Waals surface area contributed by atoms with Gasteiger partial charge in [-0.2, -0.15) is 0 Å². The zero-order valence-electron chi connectivity index (χ0n) is 19.3. The number of nitrogens with one attached hydrogen (secondary N) is 1. The standard InChI is InChI=1S/C28H27FN2O2S/c1-30-28(32)26-23-15-22(19-9-4-3-5-10-19)24(31(34-2)17-18-7-6-8-18)16-25(23)33-27(26)20-11-13-21(29)14-12-20/h3-5,9-16,18H,6-8,17H2,1-2H3,(H,30,32). The van der Waals surface area contributed by atoms with Crippen LogP contribution >= 0.6 is 11.9 Å². The van der Waals surface area contributed by atoms with Crippen molar-refractivity contribution in [1.82, 2.24) is 5.32 Å². The van der Waals surface area contributed by atoms with Crippen LogP contribution in [0.5, 0.6) is 0 Å². The Labute approximate surface area is 203 Å². The summed E-state index contributed by atoms with van der Waals surface area (Å²) in [7, 11) is 1.61. The Balaban J connectivity index is 1.74. The number of carbonyl (C=O) groups is 1. The van der Waals surface area contributed by atoms with Crippen LogP contribution in [0, 0.1) is 11.7 Å². The highest BCUT2D eigenvalue weighted by Gasteiger charge is 2.26. The van der Waals surface area contributed by atoms with Crippen LogP contribution in [0.4, 0.5) is 10.1 Å². The van der Waals surface area contributed by atoms with E-state index in [1.54, 1.807) is 31.1 Å². The number of anilines is 1. The lowest BCUT2D eigenvalue weighted by Gasteiger charge is -2.33. The van der Waals surface area contributed by atoms with E-state index in [0.717, 1.165) is 28.7 Å². The Morgan fingerprint density at radius 2 is 1.82 bits per heavy atom. The molecule has 4 aromatic rings. The van der Waals surface area contributed by atoms with E-state index in [9.17, 15) is 9.18 Å². The summed E-state index contributed by atoms with van der Waals surface area (Å²) in [6.07, 6.45) is 5.92. The van der Waals surface area contributed by atoms with E-state index in [0.29, 0.717) is 28.4 Å². The number of halogens is 1. The summed E-state index contributed by atoms with van der Waals surface area (Å²) in [5.74, 6) is 0.572. The fourth-order valence-corrected chi connectivity index (χ4v) is 5.23. The van der Waals surface area contributed by atoms with Crippen LogP contribution < -0.4 is 9.62 Å². The molecule has 0 aliphatic heterocycles. The third-order valence-electron chi connectivity index (χ3n) is 6.59. The first-order valence-corrected chi connectivity index (χ1v) is 12.7. The molecule has 0 atom stereocenters. The Bertz CT molecular complexity index is 1310. The molecule has 3 aromatic carbocycles. The van der Waals surface area contributed by atoms with Crippen LogP contribution in [0.15, 0.2) is 71.1 Å². The second kappa shape index (κ2) is 9.55. The summed E-state index contributed by atoms with van der Waals surface area (Å²) in [6, 6.07) is 20.4. The van der Waals surface area contributed by atoms with Crippen molar-refractivity contribution in [3.05, 3.63) is 78.1 Å². The highest BCUT2D eigenvalue weighted by Crippen LogP contribution is 2.43. The number of nitrogens with zero attached hydrogens (tertiary/aromatic N) is 1. The van der Waals surface area contributed by atoms with E-state index in [4.69, 9.17) is 4.42 Å². The lowest BCUT2D eigenvalue weighted by atomic mass is 9.85. The molecule has 0 spiro atoms. The topological polar surface area (TPSA) is 45.5 Å². The lowest BCUT2D eigenvalue weighted by molar-refractivity contribution is 0.0964. The molecule has 1 aliphatic rings. The first kappa shape index (κ1) is 22.5. The minimum atomic E-state index is -0.332. The highest BCUT2D eigenvalue weighted by molar-refractivity contribution is 8.00. The average Bonchev–Trinajstić information content (AvgIpc) is 3.22. The molecule has 1 fully saturated rings. The quantitative estimate of drug-likeness (QED) is 0.289.